The highest BCUT2D eigenvalue weighted by atomic mass is 16.2. The minimum atomic E-state index is -0.202. The molecule has 2 heterocycles. The molecular formula is C15H27N3O2. The fraction of sp³-hybridized carbons (Fsp3) is 0.867. The number of rotatable bonds is 4. The SMILES string of the molecule is CCCC1(C(=O)NC2CCN(C(C)=O)CC2)CCNC1. The minimum Gasteiger partial charge on any atom is -0.353 e. The summed E-state index contributed by atoms with van der Waals surface area (Å²) in [6.07, 6.45) is 4.69. The van der Waals surface area contributed by atoms with Crippen LogP contribution in [0.25, 0.3) is 0 Å². The van der Waals surface area contributed by atoms with Crippen molar-refractivity contribution in [3.8, 4) is 0 Å². The van der Waals surface area contributed by atoms with E-state index in [2.05, 4.69) is 17.6 Å². The van der Waals surface area contributed by atoms with Gasteiger partial charge in [0.25, 0.3) is 0 Å². The Kier molecular flexibility index (Phi) is 5.02. The topological polar surface area (TPSA) is 61.4 Å². The van der Waals surface area contributed by atoms with Gasteiger partial charge in [0, 0.05) is 32.6 Å². The quantitative estimate of drug-likeness (QED) is 0.804. The van der Waals surface area contributed by atoms with Gasteiger partial charge in [-0.2, -0.15) is 0 Å². The molecule has 2 aliphatic rings. The highest BCUT2D eigenvalue weighted by Crippen LogP contribution is 2.31. The van der Waals surface area contributed by atoms with E-state index in [-0.39, 0.29) is 23.3 Å². The molecule has 20 heavy (non-hydrogen) atoms. The van der Waals surface area contributed by atoms with Crippen LogP contribution in [0, 0.1) is 5.41 Å². The van der Waals surface area contributed by atoms with Gasteiger partial charge in [-0.1, -0.05) is 13.3 Å². The molecule has 5 nitrogen and oxygen atoms in total. The number of nitrogens with one attached hydrogen (secondary N) is 2. The van der Waals surface area contributed by atoms with Crippen LogP contribution in [0.4, 0.5) is 0 Å². The minimum absolute atomic E-state index is 0.136. The molecule has 2 amide bonds. The molecule has 2 N–H and O–H groups in total. The molecule has 0 aromatic carbocycles. The number of amides is 2. The average Bonchev–Trinajstić information content (AvgIpc) is 2.89. The van der Waals surface area contributed by atoms with E-state index in [0.717, 1.165) is 58.3 Å². The van der Waals surface area contributed by atoms with Crippen LogP contribution in [0.2, 0.25) is 0 Å². The summed E-state index contributed by atoms with van der Waals surface area (Å²) in [7, 11) is 0. The predicted molar refractivity (Wildman–Crippen MR) is 78.2 cm³/mol. The largest absolute Gasteiger partial charge is 0.353 e. The zero-order chi connectivity index (χ0) is 14.6. The predicted octanol–water partition coefficient (Wildman–Crippen LogP) is 0.893. The lowest BCUT2D eigenvalue weighted by Crippen LogP contribution is -2.51. The summed E-state index contributed by atoms with van der Waals surface area (Å²) >= 11 is 0. The second kappa shape index (κ2) is 6.57. The number of likely N-dealkylation sites (tertiary alicyclic amines) is 1. The fourth-order valence-electron chi connectivity index (χ4n) is 3.42. The van der Waals surface area contributed by atoms with E-state index < -0.39 is 0 Å². The van der Waals surface area contributed by atoms with Crippen molar-refractivity contribution in [3.05, 3.63) is 0 Å². The first-order chi connectivity index (χ1) is 9.57. The fourth-order valence-corrected chi connectivity index (χ4v) is 3.42. The Morgan fingerprint density at radius 3 is 2.55 bits per heavy atom. The Hall–Kier alpha value is -1.10. The first-order valence-corrected chi connectivity index (χ1v) is 7.84. The molecule has 114 valence electrons. The number of carbonyl (C=O) groups excluding carboxylic acids is 2. The Bertz CT molecular complexity index is 356. The lowest BCUT2D eigenvalue weighted by atomic mass is 9.81. The van der Waals surface area contributed by atoms with Gasteiger partial charge in [0.2, 0.25) is 11.8 Å². The monoisotopic (exact) mass is 281 g/mol. The van der Waals surface area contributed by atoms with Crippen LogP contribution in [0.3, 0.4) is 0 Å². The molecule has 1 atom stereocenters. The van der Waals surface area contributed by atoms with Crippen LogP contribution in [0.5, 0.6) is 0 Å². The first kappa shape index (κ1) is 15.3. The molecule has 0 aromatic rings. The van der Waals surface area contributed by atoms with Crippen molar-refractivity contribution in [2.24, 2.45) is 5.41 Å². The maximum absolute atomic E-state index is 12.6. The number of hydrogen-bond acceptors (Lipinski definition) is 3. The van der Waals surface area contributed by atoms with Crippen molar-refractivity contribution >= 4 is 11.8 Å². The van der Waals surface area contributed by atoms with Gasteiger partial charge in [0.1, 0.15) is 0 Å². The van der Waals surface area contributed by atoms with Gasteiger partial charge >= 0.3 is 0 Å². The molecular weight excluding hydrogens is 254 g/mol. The number of hydrogen-bond donors (Lipinski definition) is 2. The average molecular weight is 281 g/mol. The smallest absolute Gasteiger partial charge is 0.227 e. The third kappa shape index (κ3) is 3.32. The highest BCUT2D eigenvalue weighted by Gasteiger charge is 2.41. The van der Waals surface area contributed by atoms with Crippen LogP contribution in [0.15, 0.2) is 0 Å². The highest BCUT2D eigenvalue weighted by molar-refractivity contribution is 5.83. The summed E-state index contributed by atoms with van der Waals surface area (Å²) in [6.45, 7) is 7.02. The zero-order valence-electron chi connectivity index (χ0n) is 12.7. The van der Waals surface area contributed by atoms with E-state index in [1.807, 2.05) is 4.90 Å². The molecule has 5 heteroatoms. The molecule has 0 aliphatic carbocycles. The summed E-state index contributed by atoms with van der Waals surface area (Å²) < 4.78 is 0. The molecule has 2 aliphatic heterocycles. The van der Waals surface area contributed by atoms with Crippen LogP contribution in [-0.4, -0.2) is 48.9 Å². The molecule has 2 saturated heterocycles. The molecule has 1 unspecified atom stereocenters. The van der Waals surface area contributed by atoms with E-state index in [4.69, 9.17) is 0 Å². The van der Waals surface area contributed by atoms with Crippen molar-refractivity contribution in [1.29, 1.82) is 0 Å². The number of piperidine rings is 1. The van der Waals surface area contributed by atoms with Crippen molar-refractivity contribution in [2.45, 2.75) is 52.0 Å². The van der Waals surface area contributed by atoms with Crippen LogP contribution in [0.1, 0.15) is 46.0 Å². The summed E-state index contributed by atoms with van der Waals surface area (Å²) in [4.78, 5) is 25.8. The number of nitrogens with zero attached hydrogens (tertiary/aromatic N) is 1. The van der Waals surface area contributed by atoms with E-state index >= 15 is 0 Å². The molecule has 0 bridgehead atoms. The molecule has 2 rings (SSSR count). The lowest BCUT2D eigenvalue weighted by molar-refractivity contribution is -0.132. The van der Waals surface area contributed by atoms with Crippen molar-refractivity contribution in [3.63, 3.8) is 0 Å². The van der Waals surface area contributed by atoms with Crippen molar-refractivity contribution in [1.82, 2.24) is 15.5 Å². The summed E-state index contributed by atoms with van der Waals surface area (Å²) in [5.41, 5.74) is -0.202. The molecule has 0 radical (unpaired) electrons. The van der Waals surface area contributed by atoms with Gasteiger partial charge in [0.15, 0.2) is 0 Å². The third-order valence-electron chi connectivity index (χ3n) is 4.73. The molecule has 2 fully saturated rings. The van der Waals surface area contributed by atoms with Crippen molar-refractivity contribution < 1.29 is 9.59 Å². The maximum atomic E-state index is 12.6. The Labute approximate surface area is 121 Å². The van der Waals surface area contributed by atoms with E-state index in [0.29, 0.717) is 0 Å². The first-order valence-electron chi connectivity index (χ1n) is 7.84. The summed E-state index contributed by atoms with van der Waals surface area (Å²) in [5, 5.41) is 6.55. The van der Waals surface area contributed by atoms with Crippen LogP contribution in [-0.2, 0) is 9.59 Å². The Balaban J connectivity index is 1.87. The standard InChI is InChI=1S/C15H27N3O2/c1-3-6-15(7-8-16-11-15)14(20)17-13-4-9-18(10-5-13)12(2)19/h13,16H,3-11H2,1-2H3,(H,17,20). The lowest BCUT2D eigenvalue weighted by Gasteiger charge is -2.34. The summed E-state index contributed by atoms with van der Waals surface area (Å²) in [6, 6.07) is 0.229. The van der Waals surface area contributed by atoms with Gasteiger partial charge < -0.3 is 15.5 Å². The summed E-state index contributed by atoms with van der Waals surface area (Å²) in [5.74, 6) is 0.350. The Morgan fingerprint density at radius 2 is 2.05 bits per heavy atom. The van der Waals surface area contributed by atoms with Gasteiger partial charge in [-0.25, -0.2) is 0 Å². The van der Waals surface area contributed by atoms with E-state index in [1.165, 1.54) is 0 Å². The van der Waals surface area contributed by atoms with Gasteiger partial charge in [-0.15, -0.1) is 0 Å². The van der Waals surface area contributed by atoms with E-state index in [1.54, 1.807) is 6.92 Å². The molecule has 0 spiro atoms. The second-order valence-corrected chi connectivity index (χ2v) is 6.21. The van der Waals surface area contributed by atoms with Gasteiger partial charge in [-0.3, -0.25) is 9.59 Å². The normalized spacial score (nSPS) is 27.6. The Morgan fingerprint density at radius 1 is 1.35 bits per heavy atom. The van der Waals surface area contributed by atoms with Crippen molar-refractivity contribution in [2.75, 3.05) is 26.2 Å². The second-order valence-electron chi connectivity index (χ2n) is 6.21. The van der Waals surface area contributed by atoms with Crippen LogP contribution < -0.4 is 10.6 Å². The van der Waals surface area contributed by atoms with E-state index in [9.17, 15) is 9.59 Å². The third-order valence-corrected chi connectivity index (χ3v) is 4.73. The maximum Gasteiger partial charge on any atom is 0.227 e. The zero-order valence-corrected chi connectivity index (χ0v) is 12.7. The molecule has 0 aromatic heterocycles. The van der Waals surface area contributed by atoms with Crippen LogP contribution >= 0.6 is 0 Å². The van der Waals surface area contributed by atoms with Gasteiger partial charge in [0.05, 0.1) is 5.41 Å². The number of carbonyl (C=O) groups is 2. The molecule has 0 saturated carbocycles. The van der Waals surface area contributed by atoms with Gasteiger partial charge in [-0.05, 0) is 32.2 Å².